The average molecular weight is 592 g/mol. The van der Waals surface area contributed by atoms with Crippen LogP contribution in [0.5, 0.6) is 5.75 Å². The van der Waals surface area contributed by atoms with Gasteiger partial charge in [0, 0.05) is 20.1 Å². The molecule has 172 valence electrons. The molecule has 2 aromatic rings. The molecule has 0 spiro atoms. The van der Waals surface area contributed by atoms with Gasteiger partial charge < -0.3 is 24.2 Å². The van der Waals surface area contributed by atoms with Crippen LogP contribution in [-0.2, 0) is 23.6 Å². The third-order valence-corrected chi connectivity index (χ3v) is 8.22. The van der Waals surface area contributed by atoms with Crippen molar-refractivity contribution in [3.8, 4) is 16.9 Å². The normalized spacial score (nSPS) is 17.5. The van der Waals surface area contributed by atoms with E-state index in [1.165, 1.54) is 0 Å². The highest BCUT2D eigenvalue weighted by Gasteiger charge is 2.41. The molecule has 0 saturated heterocycles. The van der Waals surface area contributed by atoms with E-state index in [0.717, 1.165) is 14.5 Å². The molecule has 0 bridgehead atoms. The quantitative estimate of drug-likeness (QED) is 0.337. The Balaban J connectivity index is 1.97. The molecule has 3 rings (SSSR count). The van der Waals surface area contributed by atoms with Gasteiger partial charge in [-0.05, 0) is 36.4 Å². The number of halogens is 2. The van der Waals surface area contributed by atoms with Gasteiger partial charge in [0.2, 0.25) is 0 Å². The molecular formula is C21H21Br2O8P. The zero-order valence-electron chi connectivity index (χ0n) is 16.8. The Morgan fingerprint density at radius 3 is 2.28 bits per heavy atom. The molecular weight excluding hydrogens is 571 g/mol. The van der Waals surface area contributed by atoms with Gasteiger partial charge in [-0.2, -0.15) is 0 Å². The summed E-state index contributed by atoms with van der Waals surface area (Å²) >= 11 is 6.87. The number of carbonyl (C=O) groups is 2. The van der Waals surface area contributed by atoms with Crippen molar-refractivity contribution < 1.29 is 38.4 Å². The largest absolute Gasteiger partial charge is 0.463 e. The maximum atomic E-state index is 14.1. The Morgan fingerprint density at radius 1 is 0.969 bits per heavy atom. The molecule has 8 nitrogen and oxygen atoms in total. The number of fused-ring (bicyclic) bond motifs is 3. The standard InChI is InChI=1S/C21H21Br2O8P/c22-14-1-3-18-16(10-14)17-11-15(23)2-4-19(17)32(28,31-18)12-13(21(27)30-8-6-25)9-20(26)29-7-5-24/h1-4,10-11,13,24-25H,5-9,12H2. The molecule has 0 saturated carbocycles. The van der Waals surface area contributed by atoms with E-state index in [0.29, 0.717) is 16.6 Å². The number of aliphatic hydroxyl groups excluding tert-OH is 2. The second-order valence-corrected chi connectivity index (χ2v) is 11.2. The van der Waals surface area contributed by atoms with Crippen LogP contribution in [0.25, 0.3) is 11.1 Å². The van der Waals surface area contributed by atoms with Crippen LogP contribution >= 0.6 is 39.2 Å². The molecule has 2 N–H and O–H groups in total. The predicted octanol–water partition coefficient (Wildman–Crippen LogP) is 3.25. The molecule has 0 aliphatic carbocycles. The molecule has 2 atom stereocenters. The molecule has 2 aromatic carbocycles. The molecule has 1 aliphatic heterocycles. The summed E-state index contributed by atoms with van der Waals surface area (Å²) in [6.45, 7) is -1.22. The summed E-state index contributed by atoms with van der Waals surface area (Å²) in [6.07, 6.45) is -0.702. The van der Waals surface area contributed by atoms with Gasteiger partial charge in [0.25, 0.3) is 7.37 Å². The van der Waals surface area contributed by atoms with Crippen molar-refractivity contribution in [1.82, 2.24) is 0 Å². The lowest BCUT2D eigenvalue weighted by Gasteiger charge is -2.30. The van der Waals surface area contributed by atoms with Crippen molar-refractivity contribution in [3.63, 3.8) is 0 Å². The Hall–Kier alpha value is -1.71. The van der Waals surface area contributed by atoms with Crippen LogP contribution < -0.4 is 9.83 Å². The minimum atomic E-state index is -3.65. The smallest absolute Gasteiger partial charge is 0.310 e. The third-order valence-electron chi connectivity index (χ3n) is 4.70. The summed E-state index contributed by atoms with van der Waals surface area (Å²) in [4.78, 5) is 24.7. The number of hydrogen-bond donors (Lipinski definition) is 2. The molecule has 11 heteroatoms. The number of aliphatic hydroxyl groups is 2. The fraction of sp³-hybridized carbons (Fsp3) is 0.333. The van der Waals surface area contributed by atoms with Crippen molar-refractivity contribution in [3.05, 3.63) is 45.3 Å². The molecule has 0 radical (unpaired) electrons. The summed E-state index contributed by atoms with van der Waals surface area (Å²) in [7, 11) is -3.65. The zero-order valence-corrected chi connectivity index (χ0v) is 20.9. The van der Waals surface area contributed by atoms with Crippen LogP contribution in [0.4, 0.5) is 0 Å². The molecule has 0 aromatic heterocycles. The van der Waals surface area contributed by atoms with Crippen LogP contribution in [0, 0.1) is 5.92 Å². The Bertz CT molecular complexity index is 1060. The number of hydrogen-bond acceptors (Lipinski definition) is 8. The molecule has 2 unspecified atom stereocenters. The number of carbonyl (C=O) groups excluding carboxylic acids is 2. The molecule has 1 heterocycles. The number of esters is 2. The first-order chi connectivity index (χ1) is 15.3. The first-order valence-electron chi connectivity index (χ1n) is 9.70. The van der Waals surface area contributed by atoms with Gasteiger partial charge in [-0.25, -0.2) is 0 Å². The minimum absolute atomic E-state index is 0.218. The minimum Gasteiger partial charge on any atom is -0.463 e. The average Bonchev–Trinajstić information content (AvgIpc) is 2.76. The van der Waals surface area contributed by atoms with Gasteiger partial charge in [0.1, 0.15) is 19.0 Å². The monoisotopic (exact) mass is 590 g/mol. The van der Waals surface area contributed by atoms with Crippen LogP contribution in [0.3, 0.4) is 0 Å². The first-order valence-corrected chi connectivity index (χ1v) is 13.1. The first kappa shape index (κ1) is 24.9. The van der Waals surface area contributed by atoms with E-state index < -0.39 is 31.6 Å². The molecule has 0 amide bonds. The van der Waals surface area contributed by atoms with E-state index in [4.69, 9.17) is 24.2 Å². The van der Waals surface area contributed by atoms with Crippen LogP contribution in [0.15, 0.2) is 45.3 Å². The van der Waals surface area contributed by atoms with Crippen LogP contribution in [0.1, 0.15) is 6.42 Å². The van der Waals surface area contributed by atoms with E-state index in [2.05, 4.69) is 31.9 Å². The van der Waals surface area contributed by atoms with Crippen molar-refractivity contribution in [2.24, 2.45) is 5.92 Å². The summed E-state index contributed by atoms with van der Waals surface area (Å²) in [5.41, 5.74) is 1.43. The fourth-order valence-electron chi connectivity index (χ4n) is 3.35. The predicted molar refractivity (Wildman–Crippen MR) is 124 cm³/mol. The van der Waals surface area contributed by atoms with E-state index in [1.807, 2.05) is 12.1 Å². The highest BCUT2D eigenvalue weighted by Crippen LogP contribution is 2.56. The second kappa shape index (κ2) is 10.9. The second-order valence-electron chi connectivity index (χ2n) is 6.99. The van der Waals surface area contributed by atoms with Gasteiger partial charge >= 0.3 is 11.9 Å². The molecule has 1 aliphatic rings. The number of rotatable bonds is 9. The lowest BCUT2D eigenvalue weighted by atomic mass is 10.0. The van der Waals surface area contributed by atoms with E-state index in [-0.39, 0.29) is 32.6 Å². The summed E-state index contributed by atoms with van der Waals surface area (Å²) < 4.78 is 31.5. The summed E-state index contributed by atoms with van der Waals surface area (Å²) in [6, 6.07) is 10.5. The third kappa shape index (κ3) is 5.80. The van der Waals surface area contributed by atoms with Crippen LogP contribution in [0.2, 0.25) is 0 Å². The van der Waals surface area contributed by atoms with E-state index in [9.17, 15) is 14.2 Å². The number of benzene rings is 2. The maximum Gasteiger partial charge on any atom is 0.310 e. The summed E-state index contributed by atoms with van der Waals surface area (Å²) in [5, 5.41) is 18.2. The zero-order chi connectivity index (χ0) is 23.3. The lowest BCUT2D eigenvalue weighted by molar-refractivity contribution is -0.155. The van der Waals surface area contributed by atoms with Crippen LogP contribution in [-0.4, -0.2) is 54.7 Å². The van der Waals surface area contributed by atoms with Crippen molar-refractivity contribution in [1.29, 1.82) is 0 Å². The molecule has 0 fully saturated rings. The van der Waals surface area contributed by atoms with Gasteiger partial charge in [-0.15, -0.1) is 0 Å². The van der Waals surface area contributed by atoms with Crippen molar-refractivity contribution >= 4 is 56.5 Å². The fourth-order valence-corrected chi connectivity index (χ4v) is 6.63. The summed E-state index contributed by atoms with van der Waals surface area (Å²) in [5.74, 6) is -2.27. The Kier molecular flexibility index (Phi) is 8.52. The highest BCUT2D eigenvalue weighted by atomic mass is 79.9. The van der Waals surface area contributed by atoms with E-state index in [1.54, 1.807) is 24.3 Å². The van der Waals surface area contributed by atoms with Gasteiger partial charge in [-0.3, -0.25) is 14.2 Å². The highest BCUT2D eigenvalue weighted by molar-refractivity contribution is 9.10. The Morgan fingerprint density at radius 2 is 1.59 bits per heavy atom. The van der Waals surface area contributed by atoms with Crippen molar-refractivity contribution in [2.75, 3.05) is 32.6 Å². The Labute approximate surface area is 201 Å². The van der Waals surface area contributed by atoms with E-state index >= 15 is 0 Å². The van der Waals surface area contributed by atoms with Gasteiger partial charge in [0.05, 0.1) is 37.0 Å². The van der Waals surface area contributed by atoms with Crippen molar-refractivity contribution in [2.45, 2.75) is 6.42 Å². The lowest BCUT2D eigenvalue weighted by Crippen LogP contribution is -2.30. The SMILES string of the molecule is O=C(CC(CP1(=O)Oc2ccc(Br)cc2-c2cc(Br)ccc21)C(=O)OCCO)OCCO. The topological polar surface area (TPSA) is 119 Å². The maximum absolute atomic E-state index is 14.1. The van der Waals surface area contributed by atoms with Gasteiger partial charge in [0.15, 0.2) is 0 Å². The molecule has 32 heavy (non-hydrogen) atoms. The number of ether oxygens (including phenoxy) is 2. The van der Waals surface area contributed by atoms with Gasteiger partial charge in [-0.1, -0.05) is 31.9 Å².